The van der Waals surface area contributed by atoms with Crippen molar-refractivity contribution in [1.29, 1.82) is 0 Å². The van der Waals surface area contributed by atoms with Crippen LogP contribution in [0.1, 0.15) is 0 Å². The summed E-state index contributed by atoms with van der Waals surface area (Å²) in [6.07, 6.45) is 0. The molecule has 42 valence electrons. The minimum atomic E-state index is -3.24. The molecule has 0 aliphatic rings. The van der Waals surface area contributed by atoms with Gasteiger partial charge in [0, 0.05) is 7.11 Å². The highest BCUT2D eigenvalue weighted by Crippen LogP contribution is 2.63. The zero-order valence-electron chi connectivity index (χ0n) is 3.47. The lowest BCUT2D eigenvalue weighted by Crippen LogP contribution is -1.57. The van der Waals surface area contributed by atoms with Gasteiger partial charge in [-0.05, 0) is 4.57 Å². The molecule has 7 heavy (non-hydrogen) atoms. The molecule has 0 aliphatic carbocycles. The molecule has 0 fully saturated rings. The Bertz CT molecular complexity index is 76.1. The van der Waals surface area contributed by atoms with Gasteiger partial charge < -0.3 is 0 Å². The Labute approximate surface area is 41.6 Å². The highest BCUT2D eigenvalue weighted by atomic mass is 32.1. The van der Waals surface area contributed by atoms with Gasteiger partial charge in [-0.25, -0.2) is 0 Å². The lowest BCUT2D eigenvalue weighted by Gasteiger charge is -1.77. The first-order valence-electron chi connectivity index (χ1n) is 1.31. The summed E-state index contributed by atoms with van der Waals surface area (Å²) in [5.41, 5.74) is 0. The maximum atomic E-state index is 11.4. The van der Waals surface area contributed by atoms with E-state index in [4.69, 9.17) is 0 Å². The standard InChI is InChI=1S/CH3F2O2P2/c1-5-7(3)6(2)4/h1H3/q+1. The maximum Gasteiger partial charge on any atom is 0.639 e. The Morgan fingerprint density at radius 3 is 2.29 bits per heavy atom. The summed E-state index contributed by atoms with van der Waals surface area (Å²) < 4.78 is 35.7. The average Bonchev–Trinajstić information content (AvgIpc) is 1.65. The van der Waals surface area contributed by atoms with Crippen molar-refractivity contribution in [3.63, 3.8) is 0 Å². The van der Waals surface area contributed by atoms with Crippen LogP contribution in [-0.4, -0.2) is 7.11 Å². The first-order valence-corrected chi connectivity index (χ1v) is 4.32. The molecule has 0 aromatic heterocycles. The molecule has 6 heteroatoms. The number of hydrogen-bond acceptors (Lipinski definition) is 2. The highest BCUT2D eigenvalue weighted by molar-refractivity contribution is 8.17. The molecule has 0 aromatic rings. The average molecular weight is 147 g/mol. The highest BCUT2D eigenvalue weighted by Gasteiger charge is 2.35. The van der Waals surface area contributed by atoms with E-state index in [0.29, 0.717) is 0 Å². The van der Waals surface area contributed by atoms with Gasteiger partial charge in [0.25, 0.3) is 0 Å². The first kappa shape index (κ1) is 7.35. The van der Waals surface area contributed by atoms with Gasteiger partial charge in [-0.15, -0.1) is 4.20 Å². The van der Waals surface area contributed by atoms with Crippen LogP contribution in [0.25, 0.3) is 0 Å². The monoisotopic (exact) mass is 147 g/mol. The van der Waals surface area contributed by atoms with Gasteiger partial charge in [0.05, 0.1) is 4.20 Å². The zero-order valence-corrected chi connectivity index (χ0v) is 5.26. The van der Waals surface area contributed by atoms with Gasteiger partial charge in [-0.2, -0.15) is 0 Å². The van der Waals surface area contributed by atoms with Crippen LogP contribution in [0, 0.1) is 0 Å². The Hall–Kier alpha value is 0.350. The van der Waals surface area contributed by atoms with Crippen LogP contribution in [0.5, 0.6) is 0 Å². The number of halogens is 2. The van der Waals surface area contributed by atoms with Crippen LogP contribution in [0.3, 0.4) is 0 Å². The van der Waals surface area contributed by atoms with Crippen molar-refractivity contribution in [3.8, 4) is 0 Å². The fourth-order valence-corrected chi connectivity index (χ4v) is 0.578. The molecule has 0 aliphatic heterocycles. The van der Waals surface area contributed by atoms with Crippen LogP contribution in [0.2, 0.25) is 0 Å². The molecule has 2 nitrogen and oxygen atoms in total. The Balaban J connectivity index is 3.34. The quantitative estimate of drug-likeness (QED) is 0.561. The largest absolute Gasteiger partial charge is 0.639 e. The second kappa shape index (κ2) is 3.36. The van der Waals surface area contributed by atoms with Crippen molar-refractivity contribution in [2.75, 3.05) is 7.11 Å². The van der Waals surface area contributed by atoms with E-state index in [1.165, 1.54) is 0 Å². The number of rotatable bonds is 2. The molecule has 2 unspecified atom stereocenters. The molecule has 0 heterocycles. The van der Waals surface area contributed by atoms with Crippen LogP contribution in [-0.2, 0) is 9.09 Å². The molecule has 0 saturated carbocycles. The fourth-order valence-electron chi connectivity index (χ4n) is 0.0642. The minimum absolute atomic E-state index is 0.971. The molecule has 2 atom stereocenters. The summed E-state index contributed by atoms with van der Waals surface area (Å²) >= 11 is 0. The summed E-state index contributed by atoms with van der Waals surface area (Å²) in [7, 11) is -5.06. The third-order valence-corrected chi connectivity index (χ3v) is 2.05. The normalized spacial score (nSPS) is 16.1. The van der Waals surface area contributed by atoms with Crippen molar-refractivity contribution < 1.29 is 17.5 Å². The Morgan fingerprint density at radius 1 is 1.86 bits per heavy atom. The topological polar surface area (TPSA) is 26.3 Å². The second-order valence-electron chi connectivity index (χ2n) is 0.635. The Morgan fingerprint density at radius 2 is 2.29 bits per heavy atom. The van der Waals surface area contributed by atoms with Gasteiger partial charge in [0.15, 0.2) is 0 Å². The van der Waals surface area contributed by atoms with Crippen LogP contribution in [0.15, 0.2) is 0 Å². The van der Waals surface area contributed by atoms with Crippen molar-refractivity contribution in [3.05, 3.63) is 0 Å². The predicted octanol–water partition coefficient (Wildman–Crippen LogP) is 2.54. The van der Waals surface area contributed by atoms with Crippen LogP contribution >= 0.6 is 15.9 Å². The summed E-state index contributed by atoms with van der Waals surface area (Å²) in [6, 6.07) is 0. The lowest BCUT2D eigenvalue weighted by atomic mass is 11.8. The summed E-state index contributed by atoms with van der Waals surface area (Å²) in [5.74, 6) is 0. The molecule has 0 amide bonds. The van der Waals surface area contributed by atoms with E-state index in [1.807, 2.05) is 0 Å². The maximum absolute atomic E-state index is 11.4. The molecule has 0 aromatic carbocycles. The molecule has 0 saturated heterocycles. The summed E-state index contributed by atoms with van der Waals surface area (Å²) in [5, 5.41) is 0. The van der Waals surface area contributed by atoms with E-state index in [0.717, 1.165) is 7.11 Å². The van der Waals surface area contributed by atoms with Crippen LogP contribution < -0.4 is 0 Å². The van der Waals surface area contributed by atoms with Gasteiger partial charge in [0.1, 0.15) is 0 Å². The van der Waals surface area contributed by atoms with E-state index in [1.54, 1.807) is 0 Å². The molecule has 0 radical (unpaired) electrons. The van der Waals surface area contributed by atoms with Gasteiger partial charge in [-0.1, -0.05) is 0 Å². The van der Waals surface area contributed by atoms with E-state index >= 15 is 0 Å². The fraction of sp³-hybridized carbons (Fsp3) is 1.00. The van der Waals surface area contributed by atoms with Crippen molar-refractivity contribution in [2.45, 2.75) is 0 Å². The van der Waals surface area contributed by atoms with Crippen LogP contribution in [0.4, 0.5) is 8.39 Å². The third kappa shape index (κ3) is 2.98. The van der Waals surface area contributed by atoms with Crippen molar-refractivity contribution in [2.24, 2.45) is 0 Å². The van der Waals surface area contributed by atoms with Crippen molar-refractivity contribution in [1.82, 2.24) is 0 Å². The number of hydrogen-bond donors (Lipinski definition) is 0. The first-order chi connectivity index (χ1) is 3.18. The molecular formula is CH3F2O2P2+. The van der Waals surface area contributed by atoms with Gasteiger partial charge in [-0.3, -0.25) is 4.52 Å². The smallest absolute Gasteiger partial charge is 0.293 e. The minimum Gasteiger partial charge on any atom is -0.293 e. The van der Waals surface area contributed by atoms with E-state index in [2.05, 4.69) is 4.52 Å². The Kier molecular flexibility index (Phi) is 3.53. The molecular weight excluding hydrogens is 144 g/mol. The van der Waals surface area contributed by atoms with E-state index in [9.17, 15) is 13.0 Å². The summed E-state index contributed by atoms with van der Waals surface area (Å²) in [6.45, 7) is 0. The molecule has 0 bridgehead atoms. The van der Waals surface area contributed by atoms with Crippen molar-refractivity contribution >= 4 is 15.9 Å². The van der Waals surface area contributed by atoms with E-state index < -0.39 is 15.9 Å². The predicted molar refractivity (Wildman–Crippen MR) is 23.8 cm³/mol. The van der Waals surface area contributed by atoms with Gasteiger partial charge in [0.2, 0.25) is 0 Å². The third-order valence-electron chi connectivity index (χ3n) is 0.274. The second-order valence-corrected chi connectivity index (χ2v) is 3.79. The molecule has 0 N–H and O–H groups in total. The summed E-state index contributed by atoms with van der Waals surface area (Å²) in [4.78, 5) is 0. The van der Waals surface area contributed by atoms with Gasteiger partial charge >= 0.3 is 15.9 Å². The zero-order chi connectivity index (χ0) is 5.86. The lowest BCUT2D eigenvalue weighted by molar-refractivity contribution is 0.438. The molecule has 0 rings (SSSR count). The van der Waals surface area contributed by atoms with E-state index in [-0.39, 0.29) is 0 Å². The SMILES string of the molecule is COP(F)[P+](=O)F. The molecule has 0 spiro atoms.